The summed E-state index contributed by atoms with van der Waals surface area (Å²) in [7, 11) is 7.58. The molecule has 0 saturated carbocycles. The fraction of sp³-hybridized carbons (Fsp3) is 0.586. The van der Waals surface area contributed by atoms with Gasteiger partial charge in [0.1, 0.15) is 74.3 Å². The Morgan fingerprint density at radius 3 is 2.06 bits per heavy atom. The second-order valence-corrected chi connectivity index (χ2v) is 21.0. The number of benzene rings is 3. The Bertz CT molecular complexity index is 2670. The van der Waals surface area contributed by atoms with E-state index in [0.29, 0.717) is 34.3 Å². The van der Waals surface area contributed by atoms with E-state index < -0.39 is 111 Å². The maximum Gasteiger partial charge on any atom is 0.336 e. The number of carbonyl (C=O) groups is 3. The van der Waals surface area contributed by atoms with Gasteiger partial charge in [0.25, 0.3) is 5.91 Å². The van der Waals surface area contributed by atoms with Crippen molar-refractivity contribution in [2.75, 3.05) is 59.5 Å². The van der Waals surface area contributed by atoms with E-state index in [0.717, 1.165) is 36.7 Å². The van der Waals surface area contributed by atoms with E-state index in [1.165, 1.54) is 69.2 Å². The fourth-order valence-electron chi connectivity index (χ4n) is 9.88. The molecule has 11 N–H and O–H groups in total. The smallest absolute Gasteiger partial charge is 0.336 e. The normalized spacial score (nSPS) is 24.2. The lowest BCUT2D eigenvalue weighted by Gasteiger charge is -2.46. The molecule has 0 bridgehead atoms. The molecule has 0 aromatic heterocycles. The van der Waals surface area contributed by atoms with Gasteiger partial charge in [-0.3, -0.25) is 9.59 Å². The maximum absolute atomic E-state index is 13.9. The Balaban J connectivity index is 1.13. The fourth-order valence-corrected chi connectivity index (χ4v) is 9.88. The summed E-state index contributed by atoms with van der Waals surface area (Å²) in [6, 6.07) is 14.3. The van der Waals surface area contributed by atoms with Gasteiger partial charge in [-0.25, -0.2) is 9.37 Å². The highest BCUT2D eigenvalue weighted by atomic mass is 16.7. The number of hydrogen-bond donors (Lipinski definition) is 11. The maximum atomic E-state index is 13.9. The molecule has 0 radical (unpaired) electrons. The summed E-state index contributed by atoms with van der Waals surface area (Å²) < 4.78 is 31.1. The van der Waals surface area contributed by atoms with Crippen LogP contribution in [-0.4, -0.2) is 192 Å². The highest BCUT2D eigenvalue weighted by Crippen LogP contribution is 2.42. The van der Waals surface area contributed by atoms with Crippen LogP contribution in [0, 0.1) is 0 Å². The Hall–Kier alpha value is -5.40. The standard InChI is InChI=1S/C58H82N4O17/c1-6-7-8-9-10-11-12-13-14-15-16-17-18-19-42(65)41(33-75-57-53(71)51(69)54(46(32-64)78-57)79-58-52(70)50(68)49(67)45(31-63)77-58)60-47(66)26-27-59-55(72)34-20-23-37(56(73)74)40(28-34)48-38-24-21-35(61(2)3)29-43(38)76-44-30-36(62(4)5)22-25-39(44)48/h18-25,28-30,41-42,45-46,49-54,57-58,63-65,67-71H,6-17,26-27,31-33H2,1-5H3,(H2-,59,60,66,72,73,74)/p+1/b19-18+/t41-,42+,45+,46+,49-,50-,51+,52+,53+,54+,57+,58-/m0/s1. The molecule has 12 atom stereocenters. The van der Waals surface area contributed by atoms with Crippen LogP contribution >= 0.6 is 0 Å². The van der Waals surface area contributed by atoms with Gasteiger partial charge in [-0.1, -0.05) is 83.3 Å². The molecule has 2 fully saturated rings. The summed E-state index contributed by atoms with van der Waals surface area (Å²) in [5.74, 6) is -1.91. The predicted molar refractivity (Wildman–Crippen MR) is 294 cm³/mol. The summed E-state index contributed by atoms with van der Waals surface area (Å²) in [5.41, 5.74) is 2.87. The Kier molecular flexibility index (Phi) is 24.2. The van der Waals surface area contributed by atoms with Crippen molar-refractivity contribution in [2.45, 2.75) is 164 Å². The monoisotopic (exact) mass is 1110 g/mol. The van der Waals surface area contributed by atoms with Gasteiger partial charge in [-0.05, 0) is 54.8 Å². The Morgan fingerprint density at radius 1 is 0.759 bits per heavy atom. The summed E-state index contributed by atoms with van der Waals surface area (Å²) >= 11 is 0. The lowest BCUT2D eigenvalue weighted by atomic mass is 9.89. The number of hydrogen-bond acceptors (Lipinski definition) is 17. The number of amides is 2. The van der Waals surface area contributed by atoms with Crippen molar-refractivity contribution >= 4 is 34.4 Å². The zero-order chi connectivity index (χ0) is 57.3. The number of rotatable bonds is 29. The van der Waals surface area contributed by atoms with Gasteiger partial charge in [0, 0.05) is 67.0 Å². The van der Waals surface area contributed by atoms with Crippen molar-refractivity contribution in [1.29, 1.82) is 0 Å². The summed E-state index contributed by atoms with van der Waals surface area (Å²) in [6.07, 6.45) is -1.55. The third-order valence-corrected chi connectivity index (χ3v) is 14.6. The van der Waals surface area contributed by atoms with Crippen LogP contribution in [0.2, 0.25) is 0 Å². The summed E-state index contributed by atoms with van der Waals surface area (Å²) in [4.78, 5) is 42.2. The van der Waals surface area contributed by atoms with E-state index in [1.54, 1.807) is 6.08 Å². The second-order valence-electron chi connectivity index (χ2n) is 21.0. The minimum atomic E-state index is -1.87. The highest BCUT2D eigenvalue weighted by Gasteiger charge is 2.51. The molecule has 2 aromatic rings. The second kappa shape index (κ2) is 30.4. The van der Waals surface area contributed by atoms with E-state index >= 15 is 0 Å². The Labute approximate surface area is 461 Å². The molecule has 0 unspecified atom stereocenters. The molecule has 3 aliphatic heterocycles. The van der Waals surface area contributed by atoms with Crippen LogP contribution in [0.15, 0.2) is 71.2 Å². The van der Waals surface area contributed by atoms with Crippen LogP contribution in [0.1, 0.15) is 111 Å². The SMILES string of the molecule is CCCCCCCCCCCCC/C=C/[C@@H](O)[C@H](CO[C@@H]1O[C@H](CO)[C@@H](O[C@@H]2O[C@H](CO)[C@H](O)[C@H](O)[C@H]2O)[C@H](O)[C@H]1O)NC(=O)CCNC(=O)c1ccc(C(=O)O)c(-c2c3ccc(=[N+](C)C)cc-3oc3cc(N(C)C)ccc23)c1. The highest BCUT2D eigenvalue weighted by molar-refractivity contribution is 6.09. The largest absolute Gasteiger partial charge is 0.478 e. The summed E-state index contributed by atoms with van der Waals surface area (Å²) in [6.45, 7) is -0.0249. The minimum absolute atomic E-state index is 0.0495. The molecule has 21 nitrogen and oxygen atoms in total. The number of aliphatic hydroxyl groups excluding tert-OH is 8. The molecule has 4 aliphatic rings. The molecule has 2 amide bonds. The zero-order valence-corrected chi connectivity index (χ0v) is 46.0. The van der Waals surface area contributed by atoms with E-state index in [-0.39, 0.29) is 29.7 Å². The average molecular weight is 1110 g/mol. The van der Waals surface area contributed by atoms with Gasteiger partial charge in [0.15, 0.2) is 12.6 Å². The third-order valence-electron chi connectivity index (χ3n) is 14.6. The van der Waals surface area contributed by atoms with Crippen molar-refractivity contribution in [1.82, 2.24) is 15.2 Å². The molecule has 3 heterocycles. The van der Waals surface area contributed by atoms with Crippen LogP contribution in [0.4, 0.5) is 5.69 Å². The number of fused-ring (bicyclic) bond motifs is 2. The average Bonchev–Trinajstić information content (AvgIpc) is 3.44. The molecule has 2 saturated heterocycles. The number of carboxylic acid groups (broad SMARTS) is 1. The summed E-state index contributed by atoms with van der Waals surface area (Å²) in [5, 5.41) is 102. The topological polar surface area (TPSA) is 314 Å². The van der Waals surface area contributed by atoms with Crippen LogP contribution in [0.3, 0.4) is 0 Å². The van der Waals surface area contributed by atoms with E-state index in [2.05, 4.69) is 17.6 Å². The first-order valence-corrected chi connectivity index (χ1v) is 27.6. The minimum Gasteiger partial charge on any atom is -0.478 e. The predicted octanol–water partition coefficient (Wildman–Crippen LogP) is 2.86. The number of aromatic carboxylic acids is 1. The van der Waals surface area contributed by atoms with Crippen LogP contribution < -0.4 is 25.5 Å². The quantitative estimate of drug-likeness (QED) is 0.0161. The first-order valence-electron chi connectivity index (χ1n) is 27.6. The van der Waals surface area contributed by atoms with Crippen LogP contribution in [-0.2, 0) is 23.7 Å². The van der Waals surface area contributed by atoms with Gasteiger partial charge in [0.05, 0.1) is 43.6 Å². The number of carboxylic acids is 1. The van der Waals surface area contributed by atoms with Crippen LogP contribution in [0.25, 0.3) is 33.4 Å². The van der Waals surface area contributed by atoms with Gasteiger partial charge in [-0.2, -0.15) is 0 Å². The van der Waals surface area contributed by atoms with E-state index in [4.69, 9.17) is 23.4 Å². The van der Waals surface area contributed by atoms with E-state index in [9.17, 15) is 60.3 Å². The van der Waals surface area contributed by atoms with Crippen molar-refractivity contribution in [3.05, 3.63) is 83.2 Å². The first kappa shape index (κ1) is 62.8. The zero-order valence-electron chi connectivity index (χ0n) is 46.0. The van der Waals surface area contributed by atoms with Crippen molar-refractivity contribution in [3.8, 4) is 22.5 Å². The van der Waals surface area contributed by atoms with E-state index in [1.807, 2.05) is 74.1 Å². The Morgan fingerprint density at radius 2 is 1.42 bits per heavy atom. The number of aliphatic hydroxyl groups is 8. The lowest BCUT2D eigenvalue weighted by molar-refractivity contribution is -0.359. The lowest BCUT2D eigenvalue weighted by Crippen LogP contribution is -2.65. The molecular weight excluding hydrogens is 1020 g/mol. The molecule has 2 aromatic carbocycles. The molecule has 1 aliphatic carbocycles. The number of ether oxygens (including phenoxy) is 4. The first-order chi connectivity index (χ1) is 37.9. The number of anilines is 1. The van der Waals surface area contributed by atoms with Gasteiger partial charge in [0.2, 0.25) is 11.3 Å². The molecule has 79 heavy (non-hydrogen) atoms. The molecular formula is C58H83N4O17+. The van der Waals surface area contributed by atoms with Crippen molar-refractivity contribution < 1.29 is 83.7 Å². The number of carbonyl (C=O) groups excluding carboxylic acids is 2. The number of nitrogens with one attached hydrogen (secondary N) is 2. The van der Waals surface area contributed by atoms with Gasteiger partial charge in [-0.15, -0.1) is 0 Å². The molecule has 6 rings (SSSR count). The number of unbranched alkanes of at least 4 members (excludes halogenated alkanes) is 11. The molecule has 21 heteroatoms. The van der Waals surface area contributed by atoms with Crippen LogP contribution in [0.5, 0.6) is 0 Å². The number of allylic oxidation sites excluding steroid dienone is 1. The number of nitrogens with zero attached hydrogens (tertiary/aromatic N) is 2. The molecule has 0 spiro atoms. The van der Waals surface area contributed by atoms with Gasteiger partial charge >= 0.3 is 5.97 Å². The van der Waals surface area contributed by atoms with Gasteiger partial charge < -0.3 is 84.9 Å². The third kappa shape index (κ3) is 16.6. The van der Waals surface area contributed by atoms with Crippen molar-refractivity contribution in [2.24, 2.45) is 0 Å². The molecule has 436 valence electrons. The van der Waals surface area contributed by atoms with Crippen molar-refractivity contribution in [3.63, 3.8) is 0 Å².